The van der Waals surface area contributed by atoms with Crippen LogP contribution >= 0.6 is 0 Å². The molecule has 7 nitrogen and oxygen atoms in total. The van der Waals surface area contributed by atoms with Gasteiger partial charge >= 0.3 is 0 Å². The molecule has 32 heavy (non-hydrogen) atoms. The van der Waals surface area contributed by atoms with Crippen molar-refractivity contribution >= 4 is 11.6 Å². The number of benzene rings is 2. The number of rotatable bonds is 5. The third-order valence-electron chi connectivity index (χ3n) is 5.57. The number of aromatic nitrogens is 2. The van der Waals surface area contributed by atoms with E-state index in [9.17, 15) is 4.79 Å². The van der Waals surface area contributed by atoms with Crippen molar-refractivity contribution in [3.8, 4) is 28.4 Å². The summed E-state index contributed by atoms with van der Waals surface area (Å²) in [4.78, 5) is 17.1. The number of imidazole rings is 1. The normalized spacial score (nSPS) is 12.2. The molecule has 1 N–H and O–H groups in total. The molecule has 162 valence electrons. The number of nitrogens with one attached hydrogen (secondary N) is 1. The predicted octanol–water partition coefficient (Wildman–Crippen LogP) is 4.29. The first-order valence-electron chi connectivity index (χ1n) is 10.3. The summed E-state index contributed by atoms with van der Waals surface area (Å²) in [6, 6.07) is 13.8. The summed E-state index contributed by atoms with van der Waals surface area (Å²) in [5.74, 6) is 2.09. The number of methoxy groups -OCH3 is 1. The Morgan fingerprint density at radius 1 is 1.03 bits per heavy atom. The molecule has 2 aromatic heterocycles. The Balaban J connectivity index is 1.35. The lowest BCUT2D eigenvalue weighted by Crippen LogP contribution is -2.23. The second-order valence-corrected chi connectivity index (χ2v) is 7.82. The van der Waals surface area contributed by atoms with E-state index in [0.717, 1.165) is 39.3 Å². The van der Waals surface area contributed by atoms with Gasteiger partial charge in [-0.25, -0.2) is 4.98 Å². The van der Waals surface area contributed by atoms with Gasteiger partial charge in [0.1, 0.15) is 17.1 Å². The Labute approximate surface area is 185 Å². The fourth-order valence-electron chi connectivity index (χ4n) is 4.03. The summed E-state index contributed by atoms with van der Waals surface area (Å²) in [6.45, 7) is 4.67. The molecule has 0 fully saturated rings. The molecular weight excluding hydrogens is 406 g/mol. The molecule has 4 aromatic rings. The molecule has 0 bridgehead atoms. The fraction of sp³-hybridized carbons (Fsp3) is 0.200. The molecule has 0 saturated carbocycles. The number of fused-ring (bicyclic) bond motifs is 2. The van der Waals surface area contributed by atoms with E-state index in [1.165, 1.54) is 0 Å². The maximum atomic E-state index is 12.7. The van der Waals surface area contributed by atoms with Crippen LogP contribution < -0.4 is 19.5 Å². The van der Waals surface area contributed by atoms with Crippen molar-refractivity contribution in [3.05, 3.63) is 77.2 Å². The van der Waals surface area contributed by atoms with Gasteiger partial charge in [-0.1, -0.05) is 6.07 Å². The zero-order valence-corrected chi connectivity index (χ0v) is 18.1. The molecule has 0 aliphatic carbocycles. The third-order valence-corrected chi connectivity index (χ3v) is 5.57. The summed E-state index contributed by atoms with van der Waals surface area (Å²) < 4.78 is 18.1. The second-order valence-electron chi connectivity index (χ2n) is 7.82. The Hall–Kier alpha value is -4.00. The van der Waals surface area contributed by atoms with Gasteiger partial charge in [0.2, 0.25) is 6.79 Å². The quantitative estimate of drug-likeness (QED) is 0.512. The summed E-state index contributed by atoms with van der Waals surface area (Å²) in [7, 11) is 1.69. The van der Waals surface area contributed by atoms with Crippen LogP contribution in [0.1, 0.15) is 27.2 Å². The summed E-state index contributed by atoms with van der Waals surface area (Å²) in [5.41, 5.74) is 6.29. The maximum absolute atomic E-state index is 12.7. The zero-order chi connectivity index (χ0) is 22.2. The van der Waals surface area contributed by atoms with Crippen LogP contribution in [0.2, 0.25) is 0 Å². The Morgan fingerprint density at radius 2 is 1.81 bits per heavy atom. The zero-order valence-electron chi connectivity index (χ0n) is 18.1. The monoisotopic (exact) mass is 429 g/mol. The number of aryl methyl sites for hydroxylation is 2. The van der Waals surface area contributed by atoms with E-state index in [-0.39, 0.29) is 12.7 Å². The highest BCUT2D eigenvalue weighted by atomic mass is 16.7. The van der Waals surface area contributed by atoms with Crippen molar-refractivity contribution in [2.45, 2.75) is 20.4 Å². The topological polar surface area (TPSA) is 74.1 Å². The number of carbonyl (C=O) groups excluding carboxylic acids is 1. The number of ether oxygens (including phenoxy) is 3. The Kier molecular flexibility index (Phi) is 4.93. The smallest absolute Gasteiger partial charge is 0.271 e. The van der Waals surface area contributed by atoms with E-state index in [4.69, 9.17) is 14.2 Å². The van der Waals surface area contributed by atoms with E-state index < -0.39 is 0 Å². The number of amides is 1. The number of nitrogens with zero attached hydrogens (tertiary/aromatic N) is 2. The maximum Gasteiger partial charge on any atom is 0.271 e. The minimum atomic E-state index is -0.232. The van der Waals surface area contributed by atoms with Crippen molar-refractivity contribution in [2.75, 3.05) is 13.9 Å². The number of carbonyl (C=O) groups is 1. The van der Waals surface area contributed by atoms with Crippen molar-refractivity contribution in [1.29, 1.82) is 0 Å². The molecule has 1 amide bonds. The molecule has 2 aromatic carbocycles. The van der Waals surface area contributed by atoms with Gasteiger partial charge in [-0.05, 0) is 78.1 Å². The van der Waals surface area contributed by atoms with Gasteiger partial charge in [0, 0.05) is 18.9 Å². The van der Waals surface area contributed by atoms with Gasteiger partial charge in [-0.3, -0.25) is 4.79 Å². The van der Waals surface area contributed by atoms with Crippen LogP contribution in [-0.2, 0) is 6.54 Å². The van der Waals surface area contributed by atoms with E-state index in [0.29, 0.717) is 23.6 Å². The van der Waals surface area contributed by atoms with Gasteiger partial charge in [-0.15, -0.1) is 0 Å². The molecule has 5 rings (SSSR count). The summed E-state index contributed by atoms with van der Waals surface area (Å²) in [5, 5.41) is 2.92. The van der Waals surface area contributed by atoms with Gasteiger partial charge in [0.05, 0.1) is 7.11 Å². The summed E-state index contributed by atoms with van der Waals surface area (Å²) in [6.07, 6.45) is 3.73. The molecule has 3 heterocycles. The average molecular weight is 429 g/mol. The highest BCUT2D eigenvalue weighted by Gasteiger charge is 2.15. The average Bonchev–Trinajstić information content (AvgIpc) is 3.43. The van der Waals surface area contributed by atoms with Gasteiger partial charge < -0.3 is 23.9 Å². The highest BCUT2D eigenvalue weighted by Crippen LogP contribution is 2.32. The standard InChI is InChI=1S/C25H23N3O4/c1-15-8-19(9-16(2)24(15)30-3)18-5-7-23-27-20(13-28(23)12-18)25(29)26-11-17-4-6-21-22(10-17)32-14-31-21/h4-10,12-13H,11,14H2,1-3H3,(H,26,29). The van der Waals surface area contributed by atoms with E-state index in [1.807, 2.05) is 54.8 Å². The molecular formula is C25H23N3O4. The third kappa shape index (κ3) is 3.62. The van der Waals surface area contributed by atoms with Gasteiger partial charge in [-0.2, -0.15) is 0 Å². The molecule has 0 unspecified atom stereocenters. The lowest BCUT2D eigenvalue weighted by Gasteiger charge is -2.11. The van der Waals surface area contributed by atoms with E-state index >= 15 is 0 Å². The van der Waals surface area contributed by atoms with Crippen molar-refractivity contribution in [3.63, 3.8) is 0 Å². The molecule has 0 radical (unpaired) electrons. The van der Waals surface area contributed by atoms with Crippen LogP contribution in [0.5, 0.6) is 17.2 Å². The van der Waals surface area contributed by atoms with Crippen LogP contribution in [0, 0.1) is 13.8 Å². The van der Waals surface area contributed by atoms with Crippen LogP contribution in [-0.4, -0.2) is 29.2 Å². The van der Waals surface area contributed by atoms with Crippen molar-refractivity contribution < 1.29 is 19.0 Å². The van der Waals surface area contributed by atoms with Crippen molar-refractivity contribution in [1.82, 2.24) is 14.7 Å². The number of hydrogen-bond acceptors (Lipinski definition) is 5. The highest BCUT2D eigenvalue weighted by molar-refractivity contribution is 5.92. The minimum absolute atomic E-state index is 0.226. The van der Waals surface area contributed by atoms with Crippen LogP contribution in [0.15, 0.2) is 54.9 Å². The number of pyridine rings is 1. The second kappa shape index (κ2) is 7.92. The molecule has 7 heteroatoms. The SMILES string of the molecule is COc1c(C)cc(-c2ccc3nc(C(=O)NCc4ccc5c(c4)OCO5)cn3c2)cc1C. The van der Waals surface area contributed by atoms with Crippen molar-refractivity contribution in [2.24, 2.45) is 0 Å². The summed E-state index contributed by atoms with van der Waals surface area (Å²) >= 11 is 0. The van der Waals surface area contributed by atoms with Gasteiger partial charge in [0.25, 0.3) is 5.91 Å². The molecule has 1 aliphatic heterocycles. The minimum Gasteiger partial charge on any atom is -0.496 e. The molecule has 0 spiro atoms. The lowest BCUT2D eigenvalue weighted by molar-refractivity contribution is 0.0946. The lowest BCUT2D eigenvalue weighted by atomic mass is 10.0. The first-order valence-corrected chi connectivity index (χ1v) is 10.3. The predicted molar refractivity (Wildman–Crippen MR) is 120 cm³/mol. The van der Waals surface area contributed by atoms with Gasteiger partial charge in [0.15, 0.2) is 11.5 Å². The first-order chi connectivity index (χ1) is 15.5. The van der Waals surface area contributed by atoms with E-state index in [1.54, 1.807) is 13.3 Å². The van der Waals surface area contributed by atoms with Crippen LogP contribution in [0.4, 0.5) is 0 Å². The largest absolute Gasteiger partial charge is 0.496 e. The Bertz CT molecular complexity index is 1320. The fourth-order valence-corrected chi connectivity index (χ4v) is 4.03. The Morgan fingerprint density at radius 3 is 2.59 bits per heavy atom. The molecule has 0 saturated heterocycles. The number of hydrogen-bond donors (Lipinski definition) is 1. The van der Waals surface area contributed by atoms with E-state index in [2.05, 4.69) is 22.4 Å². The first kappa shape index (κ1) is 19.9. The van der Waals surface area contributed by atoms with Crippen LogP contribution in [0.25, 0.3) is 16.8 Å². The van der Waals surface area contributed by atoms with Crippen LogP contribution in [0.3, 0.4) is 0 Å². The molecule has 0 atom stereocenters. The molecule has 1 aliphatic rings.